The number of ether oxygens (including phenoxy) is 1. The highest BCUT2D eigenvalue weighted by Gasteiger charge is 2.37. The monoisotopic (exact) mass is 460 g/mol. The van der Waals surface area contributed by atoms with Crippen LogP contribution >= 0.6 is 0 Å². The van der Waals surface area contributed by atoms with Gasteiger partial charge in [0.1, 0.15) is 0 Å². The lowest BCUT2D eigenvalue weighted by molar-refractivity contribution is 0.108. The molecule has 33 heavy (non-hydrogen) atoms. The van der Waals surface area contributed by atoms with Crippen LogP contribution in [0.2, 0.25) is 0 Å². The lowest BCUT2D eigenvalue weighted by Gasteiger charge is -2.43. The number of hydrogen-bond acceptors (Lipinski definition) is 1. The van der Waals surface area contributed by atoms with Crippen molar-refractivity contribution in [2.24, 2.45) is 29.6 Å². The first kappa shape index (κ1) is 25.0. The van der Waals surface area contributed by atoms with Crippen LogP contribution in [-0.4, -0.2) is 6.61 Å². The largest absolute Gasteiger partial charge is 0.490 e. The summed E-state index contributed by atoms with van der Waals surface area (Å²) in [6, 6.07) is 3.43. The zero-order chi connectivity index (χ0) is 23.2. The quantitative estimate of drug-likeness (QED) is 0.356. The zero-order valence-corrected chi connectivity index (χ0v) is 21.1. The maximum atomic E-state index is 14.8. The maximum absolute atomic E-state index is 14.8. The Hall–Kier alpha value is -1.12. The molecule has 4 rings (SSSR count). The van der Waals surface area contributed by atoms with Gasteiger partial charge in [0.15, 0.2) is 11.6 Å². The molecule has 3 aliphatic rings. The fraction of sp³-hybridized carbons (Fsp3) is 0.800. The highest BCUT2D eigenvalue weighted by Crippen LogP contribution is 2.49. The molecule has 0 aromatic heterocycles. The highest BCUT2D eigenvalue weighted by atomic mass is 19.2. The SMILES string of the molecule is CCCOc1ccc(C2CCC3CC(CCC4CCC(CCC)CC4)CCC3C2)c(F)c1F. The van der Waals surface area contributed by atoms with Gasteiger partial charge in [-0.2, -0.15) is 4.39 Å². The fourth-order valence-corrected chi connectivity index (χ4v) is 7.40. The minimum Gasteiger partial charge on any atom is -0.490 e. The molecule has 3 fully saturated rings. The van der Waals surface area contributed by atoms with Crippen molar-refractivity contribution in [3.63, 3.8) is 0 Å². The summed E-state index contributed by atoms with van der Waals surface area (Å²) in [6.07, 6.45) is 19.5. The minimum absolute atomic E-state index is 0.0612. The van der Waals surface area contributed by atoms with E-state index in [0.29, 0.717) is 18.1 Å². The molecule has 0 bridgehead atoms. The average Bonchev–Trinajstić information content (AvgIpc) is 2.84. The van der Waals surface area contributed by atoms with Gasteiger partial charge in [-0.1, -0.05) is 77.7 Å². The Kier molecular flexibility index (Phi) is 9.11. The molecule has 1 nitrogen and oxygen atoms in total. The van der Waals surface area contributed by atoms with Gasteiger partial charge in [-0.15, -0.1) is 0 Å². The van der Waals surface area contributed by atoms with Crippen LogP contribution < -0.4 is 4.74 Å². The molecule has 0 aliphatic heterocycles. The van der Waals surface area contributed by atoms with E-state index in [1.54, 1.807) is 12.1 Å². The van der Waals surface area contributed by atoms with Crippen LogP contribution in [0.25, 0.3) is 0 Å². The summed E-state index contributed by atoms with van der Waals surface area (Å²) in [6.45, 7) is 4.71. The van der Waals surface area contributed by atoms with E-state index < -0.39 is 11.6 Å². The molecule has 3 saturated carbocycles. The molecular weight excluding hydrogens is 414 g/mol. The lowest BCUT2D eigenvalue weighted by atomic mass is 9.63. The lowest BCUT2D eigenvalue weighted by Crippen LogP contribution is -2.31. The van der Waals surface area contributed by atoms with E-state index in [9.17, 15) is 8.78 Å². The molecule has 0 spiro atoms. The summed E-state index contributed by atoms with van der Waals surface area (Å²) in [5, 5.41) is 0. The third-order valence-electron chi connectivity index (χ3n) is 9.35. The van der Waals surface area contributed by atoms with Gasteiger partial charge in [-0.25, -0.2) is 4.39 Å². The van der Waals surface area contributed by atoms with Crippen LogP contribution in [0.4, 0.5) is 8.78 Å². The number of hydrogen-bond donors (Lipinski definition) is 0. The first-order valence-electron chi connectivity index (χ1n) is 14.2. The minimum atomic E-state index is -0.796. The standard InChI is InChI=1S/C30H46F2O/c1-3-5-21-6-8-22(9-7-21)10-11-23-12-13-25-20-26(15-14-24(25)19-23)27-16-17-28(33-18-4-2)30(32)29(27)31/h16-17,21-26H,3-15,18-20H2,1-2H3. The van der Waals surface area contributed by atoms with E-state index in [0.717, 1.165) is 42.9 Å². The van der Waals surface area contributed by atoms with E-state index in [1.807, 2.05) is 6.92 Å². The van der Waals surface area contributed by atoms with Crippen molar-refractivity contribution >= 4 is 0 Å². The molecule has 4 atom stereocenters. The Morgan fingerprint density at radius 3 is 2.06 bits per heavy atom. The van der Waals surface area contributed by atoms with Gasteiger partial charge in [0.05, 0.1) is 6.61 Å². The molecule has 1 aromatic carbocycles. The Labute approximate surface area is 201 Å². The van der Waals surface area contributed by atoms with Crippen molar-refractivity contribution < 1.29 is 13.5 Å². The van der Waals surface area contributed by atoms with Crippen molar-refractivity contribution in [2.75, 3.05) is 6.61 Å². The Morgan fingerprint density at radius 2 is 1.33 bits per heavy atom. The fourth-order valence-electron chi connectivity index (χ4n) is 7.40. The highest BCUT2D eigenvalue weighted by molar-refractivity contribution is 5.33. The van der Waals surface area contributed by atoms with Crippen LogP contribution in [0.15, 0.2) is 12.1 Å². The summed E-state index contributed by atoms with van der Waals surface area (Å²) in [4.78, 5) is 0. The number of fused-ring (bicyclic) bond motifs is 1. The van der Waals surface area contributed by atoms with E-state index >= 15 is 0 Å². The van der Waals surface area contributed by atoms with Gasteiger partial charge in [0.25, 0.3) is 0 Å². The van der Waals surface area contributed by atoms with E-state index in [2.05, 4.69) is 6.92 Å². The third kappa shape index (κ3) is 6.31. The molecule has 4 unspecified atom stereocenters. The van der Waals surface area contributed by atoms with E-state index in [-0.39, 0.29) is 11.7 Å². The van der Waals surface area contributed by atoms with Crippen molar-refractivity contribution in [1.29, 1.82) is 0 Å². The zero-order valence-electron chi connectivity index (χ0n) is 21.1. The Morgan fingerprint density at radius 1 is 0.697 bits per heavy atom. The summed E-state index contributed by atoms with van der Waals surface area (Å²) in [7, 11) is 0. The topological polar surface area (TPSA) is 9.23 Å². The average molecular weight is 461 g/mol. The molecule has 186 valence electrons. The third-order valence-corrected chi connectivity index (χ3v) is 9.35. The first-order chi connectivity index (χ1) is 16.1. The van der Waals surface area contributed by atoms with Gasteiger partial charge >= 0.3 is 0 Å². The molecular formula is C30H46F2O. The summed E-state index contributed by atoms with van der Waals surface area (Å²) < 4.78 is 34.7. The number of halogens is 2. The predicted molar refractivity (Wildman–Crippen MR) is 133 cm³/mol. The van der Waals surface area contributed by atoms with Gasteiger partial charge in [-0.3, -0.25) is 0 Å². The molecule has 3 aliphatic carbocycles. The van der Waals surface area contributed by atoms with Crippen LogP contribution in [0.5, 0.6) is 5.75 Å². The van der Waals surface area contributed by atoms with Gasteiger partial charge in [-0.05, 0) is 85.7 Å². The molecule has 1 aromatic rings. The van der Waals surface area contributed by atoms with E-state index in [1.165, 1.54) is 77.0 Å². The van der Waals surface area contributed by atoms with Crippen LogP contribution in [-0.2, 0) is 0 Å². The van der Waals surface area contributed by atoms with E-state index in [4.69, 9.17) is 4.74 Å². The van der Waals surface area contributed by atoms with Gasteiger partial charge in [0.2, 0.25) is 5.82 Å². The Bertz CT molecular complexity index is 739. The first-order valence-corrected chi connectivity index (χ1v) is 14.2. The predicted octanol–water partition coefficient (Wildman–Crippen LogP) is 9.44. The molecule has 0 amide bonds. The second-order valence-corrected chi connectivity index (χ2v) is 11.6. The normalized spacial score (nSPS) is 32.4. The van der Waals surface area contributed by atoms with Crippen molar-refractivity contribution in [3.05, 3.63) is 29.3 Å². The number of benzene rings is 1. The molecule has 0 saturated heterocycles. The second-order valence-electron chi connectivity index (χ2n) is 11.6. The van der Waals surface area contributed by atoms with Crippen molar-refractivity contribution in [2.45, 2.75) is 116 Å². The molecule has 3 heteroatoms. The second kappa shape index (κ2) is 12.0. The van der Waals surface area contributed by atoms with Crippen molar-refractivity contribution in [3.8, 4) is 5.75 Å². The van der Waals surface area contributed by atoms with Crippen LogP contribution in [0.1, 0.15) is 122 Å². The van der Waals surface area contributed by atoms with Gasteiger partial charge < -0.3 is 4.74 Å². The van der Waals surface area contributed by atoms with Crippen LogP contribution in [0, 0.1) is 41.2 Å². The van der Waals surface area contributed by atoms with Crippen molar-refractivity contribution in [1.82, 2.24) is 0 Å². The smallest absolute Gasteiger partial charge is 0.200 e. The number of rotatable bonds is 9. The summed E-state index contributed by atoms with van der Waals surface area (Å²) in [5.41, 5.74) is 0.579. The van der Waals surface area contributed by atoms with Gasteiger partial charge in [0, 0.05) is 0 Å². The Balaban J connectivity index is 1.24. The van der Waals surface area contributed by atoms with Crippen LogP contribution in [0.3, 0.4) is 0 Å². The summed E-state index contributed by atoms with van der Waals surface area (Å²) >= 11 is 0. The summed E-state index contributed by atoms with van der Waals surface area (Å²) in [5.74, 6) is 3.15. The maximum Gasteiger partial charge on any atom is 0.200 e. The molecule has 0 N–H and O–H groups in total. The molecule has 0 radical (unpaired) electrons. The molecule has 0 heterocycles.